The first-order chi connectivity index (χ1) is 15.4. The van der Waals surface area contributed by atoms with E-state index in [1.165, 1.54) is 7.11 Å². The number of benzene rings is 2. The molecule has 1 aliphatic rings. The van der Waals surface area contributed by atoms with E-state index in [2.05, 4.69) is 11.4 Å². The third-order valence-corrected chi connectivity index (χ3v) is 5.43. The second kappa shape index (κ2) is 8.84. The van der Waals surface area contributed by atoms with Crippen LogP contribution in [0.15, 0.2) is 42.5 Å². The molecule has 0 radical (unpaired) electrons. The van der Waals surface area contributed by atoms with Crippen molar-refractivity contribution in [1.29, 1.82) is 5.26 Å². The second-order valence-corrected chi connectivity index (χ2v) is 7.61. The summed E-state index contributed by atoms with van der Waals surface area (Å²) in [5.74, 6) is -0.468. The van der Waals surface area contributed by atoms with Crippen molar-refractivity contribution >= 4 is 11.6 Å². The molecule has 0 saturated carbocycles. The number of rotatable bonds is 4. The van der Waals surface area contributed by atoms with Gasteiger partial charge >= 0.3 is 12.4 Å². The molecule has 3 rings (SSSR count). The highest BCUT2D eigenvalue weighted by molar-refractivity contribution is 5.94. The maximum absolute atomic E-state index is 13.1. The summed E-state index contributed by atoms with van der Waals surface area (Å²) in [7, 11) is 1.46. The maximum atomic E-state index is 13.1. The summed E-state index contributed by atoms with van der Waals surface area (Å²) in [6, 6.07) is 9.86. The van der Waals surface area contributed by atoms with Crippen LogP contribution in [0, 0.1) is 11.3 Å². The Morgan fingerprint density at radius 2 is 1.58 bits per heavy atom. The summed E-state index contributed by atoms with van der Waals surface area (Å²) in [6.45, 7) is -0.0712. The first-order valence-electron chi connectivity index (χ1n) is 9.80. The van der Waals surface area contributed by atoms with Crippen molar-refractivity contribution in [3.8, 4) is 11.8 Å². The van der Waals surface area contributed by atoms with Gasteiger partial charge in [-0.1, -0.05) is 12.1 Å². The number of halogens is 6. The molecule has 1 saturated heterocycles. The highest BCUT2D eigenvalue weighted by Gasteiger charge is 2.40. The molecule has 5 nitrogen and oxygen atoms in total. The monoisotopic (exact) mass is 471 g/mol. The predicted molar refractivity (Wildman–Crippen MR) is 107 cm³/mol. The third kappa shape index (κ3) is 5.32. The van der Waals surface area contributed by atoms with Crippen molar-refractivity contribution in [2.24, 2.45) is 0 Å². The van der Waals surface area contributed by atoms with Gasteiger partial charge in [-0.05, 0) is 30.3 Å². The fourth-order valence-corrected chi connectivity index (χ4v) is 3.62. The molecule has 0 aliphatic carbocycles. The molecule has 0 atom stereocenters. The van der Waals surface area contributed by atoms with Gasteiger partial charge in [-0.3, -0.25) is 4.79 Å². The normalized spacial score (nSPS) is 16.1. The number of nitrogens with zero attached hydrogens (tertiary/aromatic N) is 2. The number of amides is 1. The Kier molecular flexibility index (Phi) is 6.49. The minimum Gasteiger partial charge on any atom is -0.495 e. The molecule has 1 fully saturated rings. The van der Waals surface area contributed by atoms with E-state index >= 15 is 0 Å². The summed E-state index contributed by atoms with van der Waals surface area (Å²) in [4.78, 5) is 13.9. The van der Waals surface area contributed by atoms with E-state index in [1.807, 2.05) is 0 Å². The summed E-state index contributed by atoms with van der Waals surface area (Å²) in [6.07, 6.45) is -9.88. The maximum Gasteiger partial charge on any atom is 0.416 e. The molecule has 11 heteroatoms. The lowest BCUT2D eigenvalue weighted by Gasteiger charge is -2.38. The third-order valence-electron chi connectivity index (χ3n) is 5.43. The number of piperidine rings is 1. The highest BCUT2D eigenvalue weighted by atomic mass is 19.4. The lowest BCUT2D eigenvalue weighted by atomic mass is 9.88. The average molecular weight is 471 g/mol. The molecule has 0 aromatic heterocycles. The minimum atomic E-state index is -5.05. The Hall–Kier alpha value is -3.42. The lowest BCUT2D eigenvalue weighted by molar-refractivity contribution is -0.143. The van der Waals surface area contributed by atoms with E-state index in [-0.39, 0.29) is 32.0 Å². The molecule has 176 valence electrons. The molecule has 0 spiro atoms. The van der Waals surface area contributed by atoms with Crippen molar-refractivity contribution in [1.82, 2.24) is 4.90 Å². The van der Waals surface area contributed by atoms with Gasteiger partial charge in [0, 0.05) is 31.5 Å². The molecule has 0 bridgehead atoms. The molecule has 33 heavy (non-hydrogen) atoms. The summed E-state index contributed by atoms with van der Waals surface area (Å²) >= 11 is 0. The van der Waals surface area contributed by atoms with Crippen LogP contribution in [0.25, 0.3) is 0 Å². The van der Waals surface area contributed by atoms with Crippen molar-refractivity contribution in [2.75, 3.05) is 25.5 Å². The van der Waals surface area contributed by atoms with Crippen LogP contribution in [-0.2, 0) is 12.4 Å². The van der Waals surface area contributed by atoms with Crippen LogP contribution in [-0.4, -0.2) is 36.5 Å². The standard InChI is InChI=1S/C22H19F6N3O2/c1-33-18-5-3-2-4-17(18)30-20(13-29)6-8-31(9-7-20)19(32)14-10-15(21(23,24)25)12-16(11-14)22(26,27)28/h2-5,10-12,30H,6-9H2,1H3. The fraction of sp³-hybridized carbons (Fsp3) is 0.364. The van der Waals surface area contributed by atoms with Gasteiger partial charge in [0.2, 0.25) is 0 Å². The second-order valence-electron chi connectivity index (χ2n) is 7.61. The average Bonchev–Trinajstić information content (AvgIpc) is 2.78. The first-order valence-corrected chi connectivity index (χ1v) is 9.80. The number of carbonyl (C=O) groups is 1. The van der Waals surface area contributed by atoms with Gasteiger partial charge in [-0.15, -0.1) is 0 Å². The zero-order chi connectivity index (χ0) is 24.4. The summed E-state index contributed by atoms with van der Waals surface area (Å²) in [5, 5.41) is 12.9. The Morgan fingerprint density at radius 1 is 1.03 bits per heavy atom. The summed E-state index contributed by atoms with van der Waals surface area (Å²) in [5.41, 5.74) is -4.35. The van der Waals surface area contributed by atoms with E-state index in [0.29, 0.717) is 23.6 Å². The number of likely N-dealkylation sites (tertiary alicyclic amines) is 1. The van der Waals surface area contributed by atoms with Gasteiger partial charge < -0.3 is 15.0 Å². The molecular weight excluding hydrogens is 452 g/mol. The Morgan fingerprint density at radius 3 is 2.06 bits per heavy atom. The van der Waals surface area contributed by atoms with Crippen LogP contribution >= 0.6 is 0 Å². The molecule has 0 unspecified atom stereocenters. The Bertz CT molecular complexity index is 1030. The van der Waals surface area contributed by atoms with E-state index < -0.39 is 40.5 Å². The van der Waals surface area contributed by atoms with Crippen molar-refractivity contribution in [3.05, 3.63) is 59.2 Å². The number of para-hydroxylation sites is 2. The number of carbonyl (C=O) groups excluding carboxylic acids is 1. The van der Waals surface area contributed by atoms with Crippen LogP contribution in [0.3, 0.4) is 0 Å². The van der Waals surface area contributed by atoms with Crippen LogP contribution in [0.5, 0.6) is 5.75 Å². The first kappa shape index (κ1) is 24.2. The lowest BCUT2D eigenvalue weighted by Crippen LogP contribution is -2.50. The van der Waals surface area contributed by atoms with Crippen molar-refractivity contribution in [3.63, 3.8) is 0 Å². The smallest absolute Gasteiger partial charge is 0.416 e. The number of hydrogen-bond acceptors (Lipinski definition) is 4. The van der Waals surface area contributed by atoms with Gasteiger partial charge in [-0.2, -0.15) is 31.6 Å². The van der Waals surface area contributed by atoms with Gasteiger partial charge in [-0.25, -0.2) is 0 Å². The van der Waals surface area contributed by atoms with Crippen LogP contribution in [0.2, 0.25) is 0 Å². The SMILES string of the molecule is COc1ccccc1NC1(C#N)CCN(C(=O)c2cc(C(F)(F)F)cc(C(F)(F)F)c2)CC1. The van der Waals surface area contributed by atoms with Gasteiger partial charge in [0.15, 0.2) is 0 Å². The Balaban J connectivity index is 1.82. The zero-order valence-corrected chi connectivity index (χ0v) is 17.3. The summed E-state index contributed by atoms with van der Waals surface area (Å²) < 4.78 is 83.9. The topological polar surface area (TPSA) is 65.4 Å². The predicted octanol–water partition coefficient (Wildman–Crippen LogP) is 5.34. The minimum absolute atomic E-state index is 0.0230. The number of hydrogen-bond donors (Lipinski definition) is 1. The number of nitriles is 1. The number of nitrogens with one attached hydrogen (secondary N) is 1. The number of alkyl halides is 6. The number of ether oxygens (including phenoxy) is 1. The van der Waals surface area contributed by atoms with Crippen molar-refractivity contribution < 1.29 is 35.9 Å². The Labute approximate surface area is 185 Å². The zero-order valence-electron chi connectivity index (χ0n) is 17.3. The quantitative estimate of drug-likeness (QED) is 0.612. The molecule has 2 aromatic carbocycles. The van der Waals surface area contributed by atoms with Crippen LogP contribution < -0.4 is 10.1 Å². The van der Waals surface area contributed by atoms with Crippen molar-refractivity contribution in [2.45, 2.75) is 30.7 Å². The van der Waals surface area contributed by atoms with Crippen LogP contribution in [0.1, 0.15) is 34.3 Å². The van der Waals surface area contributed by atoms with E-state index in [1.54, 1.807) is 24.3 Å². The molecular formula is C22H19F6N3O2. The fourth-order valence-electron chi connectivity index (χ4n) is 3.62. The van der Waals surface area contributed by atoms with Gasteiger partial charge in [0.25, 0.3) is 5.91 Å². The molecule has 1 aliphatic heterocycles. The van der Waals surface area contributed by atoms with Crippen LogP contribution in [0.4, 0.5) is 32.0 Å². The number of methoxy groups -OCH3 is 1. The van der Waals surface area contributed by atoms with E-state index in [4.69, 9.17) is 4.74 Å². The highest BCUT2D eigenvalue weighted by Crippen LogP contribution is 2.37. The molecule has 1 N–H and O–H groups in total. The largest absolute Gasteiger partial charge is 0.495 e. The molecule has 2 aromatic rings. The van der Waals surface area contributed by atoms with Gasteiger partial charge in [0.05, 0.1) is 30.0 Å². The molecule has 1 amide bonds. The van der Waals surface area contributed by atoms with E-state index in [9.17, 15) is 36.4 Å². The number of anilines is 1. The van der Waals surface area contributed by atoms with E-state index in [0.717, 1.165) is 4.90 Å². The van der Waals surface area contributed by atoms with Gasteiger partial charge in [0.1, 0.15) is 11.3 Å². The molecule has 1 heterocycles.